The average molecular weight is 325 g/mol. The summed E-state index contributed by atoms with van der Waals surface area (Å²) in [6, 6.07) is 8.42. The predicted octanol–water partition coefficient (Wildman–Crippen LogP) is 2.26. The fourth-order valence-electron chi connectivity index (χ4n) is 2.27. The lowest BCUT2D eigenvalue weighted by Crippen LogP contribution is -2.08. The Morgan fingerprint density at radius 2 is 1.79 bits per heavy atom. The number of esters is 1. The number of fused-ring (bicyclic) bond motifs is 1. The minimum absolute atomic E-state index is 0.0994. The number of carbonyl (C=O) groups excluding carboxylic acids is 2. The molecule has 0 spiro atoms. The van der Waals surface area contributed by atoms with E-state index in [-0.39, 0.29) is 28.3 Å². The van der Waals surface area contributed by atoms with Crippen molar-refractivity contribution in [2.45, 2.75) is 0 Å². The zero-order chi connectivity index (χ0) is 17.3. The normalized spacial score (nSPS) is 10.5. The first-order valence-electron chi connectivity index (χ1n) is 6.86. The van der Waals surface area contributed by atoms with Crippen LogP contribution in [-0.2, 0) is 4.74 Å². The van der Waals surface area contributed by atoms with E-state index >= 15 is 0 Å². The molecule has 0 fully saturated rings. The van der Waals surface area contributed by atoms with Gasteiger partial charge >= 0.3 is 5.97 Å². The van der Waals surface area contributed by atoms with Gasteiger partial charge in [-0.25, -0.2) is 9.78 Å². The van der Waals surface area contributed by atoms with Gasteiger partial charge in [0, 0.05) is 23.9 Å². The number of non-ortho nitro benzene ring substituents is 1. The van der Waals surface area contributed by atoms with Crippen molar-refractivity contribution in [3.8, 4) is 0 Å². The fourth-order valence-corrected chi connectivity index (χ4v) is 2.27. The Morgan fingerprint density at radius 3 is 2.42 bits per heavy atom. The number of nitrogens with zero attached hydrogens (tertiary/aromatic N) is 3. The van der Waals surface area contributed by atoms with Gasteiger partial charge in [-0.15, -0.1) is 0 Å². The Balaban J connectivity index is 2.03. The van der Waals surface area contributed by atoms with E-state index in [0.29, 0.717) is 5.65 Å². The summed E-state index contributed by atoms with van der Waals surface area (Å²) >= 11 is 0. The maximum Gasteiger partial charge on any atom is 0.339 e. The molecule has 1 aromatic carbocycles. The SMILES string of the molecule is COC(=O)c1ccc2ncc(C(=O)c3ccc([N+](=O)[O-])cc3)n2c1. The largest absolute Gasteiger partial charge is 0.465 e. The molecule has 120 valence electrons. The van der Waals surface area contributed by atoms with Gasteiger partial charge in [0.05, 0.1) is 23.8 Å². The lowest BCUT2D eigenvalue weighted by molar-refractivity contribution is -0.384. The van der Waals surface area contributed by atoms with Gasteiger partial charge in [0.15, 0.2) is 0 Å². The monoisotopic (exact) mass is 325 g/mol. The second-order valence-electron chi connectivity index (χ2n) is 4.91. The van der Waals surface area contributed by atoms with Gasteiger partial charge in [0.2, 0.25) is 5.78 Å². The van der Waals surface area contributed by atoms with Gasteiger partial charge in [-0.3, -0.25) is 19.3 Å². The Hall–Kier alpha value is -3.55. The third kappa shape index (κ3) is 2.60. The molecule has 2 heterocycles. The second kappa shape index (κ2) is 5.92. The highest BCUT2D eigenvalue weighted by Crippen LogP contribution is 2.17. The fraction of sp³-hybridized carbons (Fsp3) is 0.0625. The summed E-state index contributed by atoms with van der Waals surface area (Å²) in [7, 11) is 1.27. The van der Waals surface area contributed by atoms with Crippen LogP contribution in [0.3, 0.4) is 0 Å². The molecule has 0 N–H and O–H groups in total. The number of aromatic nitrogens is 2. The molecule has 0 atom stereocenters. The first-order valence-corrected chi connectivity index (χ1v) is 6.86. The van der Waals surface area contributed by atoms with Crippen LogP contribution >= 0.6 is 0 Å². The number of benzene rings is 1. The number of nitro benzene ring substituents is 1. The third-order valence-corrected chi connectivity index (χ3v) is 3.50. The van der Waals surface area contributed by atoms with E-state index in [1.807, 2.05) is 0 Å². The first-order chi connectivity index (χ1) is 11.5. The molecule has 0 aliphatic carbocycles. The zero-order valence-corrected chi connectivity index (χ0v) is 12.5. The van der Waals surface area contributed by atoms with E-state index in [0.717, 1.165) is 0 Å². The predicted molar refractivity (Wildman–Crippen MR) is 83.1 cm³/mol. The second-order valence-corrected chi connectivity index (χ2v) is 4.91. The molecule has 0 amide bonds. The molecule has 0 radical (unpaired) electrons. The van der Waals surface area contributed by atoms with Crippen molar-refractivity contribution in [1.29, 1.82) is 0 Å². The molecule has 0 saturated carbocycles. The van der Waals surface area contributed by atoms with E-state index in [2.05, 4.69) is 9.72 Å². The van der Waals surface area contributed by atoms with Crippen molar-refractivity contribution in [2.75, 3.05) is 7.11 Å². The Labute approximate surface area is 135 Å². The van der Waals surface area contributed by atoms with Crippen LogP contribution in [0.4, 0.5) is 5.69 Å². The van der Waals surface area contributed by atoms with Gasteiger partial charge in [0.1, 0.15) is 11.3 Å². The van der Waals surface area contributed by atoms with E-state index in [9.17, 15) is 19.7 Å². The maximum atomic E-state index is 12.6. The first kappa shape index (κ1) is 15.3. The van der Waals surface area contributed by atoms with Gasteiger partial charge in [0.25, 0.3) is 5.69 Å². The summed E-state index contributed by atoms with van der Waals surface area (Å²) in [6.45, 7) is 0. The zero-order valence-electron chi connectivity index (χ0n) is 12.5. The van der Waals surface area contributed by atoms with Crippen LogP contribution in [0.5, 0.6) is 0 Å². The van der Waals surface area contributed by atoms with E-state index in [4.69, 9.17) is 0 Å². The summed E-state index contributed by atoms with van der Waals surface area (Å²) in [5.41, 5.74) is 1.20. The lowest BCUT2D eigenvalue weighted by Gasteiger charge is -2.04. The number of carbonyl (C=O) groups is 2. The van der Waals surface area contributed by atoms with Gasteiger partial charge < -0.3 is 4.74 Å². The number of rotatable bonds is 4. The molecule has 3 aromatic rings. The van der Waals surface area contributed by atoms with Crippen molar-refractivity contribution < 1.29 is 19.2 Å². The smallest absolute Gasteiger partial charge is 0.339 e. The number of hydrogen-bond donors (Lipinski definition) is 0. The average Bonchev–Trinajstić information content (AvgIpc) is 3.03. The molecule has 0 saturated heterocycles. The number of hydrogen-bond acceptors (Lipinski definition) is 6. The maximum absolute atomic E-state index is 12.6. The highest BCUT2D eigenvalue weighted by Gasteiger charge is 2.17. The minimum Gasteiger partial charge on any atom is -0.465 e. The Bertz CT molecular complexity index is 960. The summed E-state index contributed by atoms with van der Waals surface area (Å²) < 4.78 is 6.14. The van der Waals surface area contributed by atoms with E-state index in [1.165, 1.54) is 48.2 Å². The molecule has 8 heteroatoms. The van der Waals surface area contributed by atoms with Crippen LogP contribution in [0.15, 0.2) is 48.8 Å². The molecule has 0 aliphatic heterocycles. The molecular formula is C16H11N3O5. The molecule has 3 rings (SSSR count). The van der Waals surface area contributed by atoms with Gasteiger partial charge in [-0.1, -0.05) is 0 Å². The molecule has 24 heavy (non-hydrogen) atoms. The molecule has 0 bridgehead atoms. The number of ether oxygens (including phenoxy) is 1. The van der Waals surface area contributed by atoms with Crippen LogP contribution < -0.4 is 0 Å². The Kier molecular flexibility index (Phi) is 3.78. The molecule has 8 nitrogen and oxygen atoms in total. The Morgan fingerprint density at radius 1 is 1.12 bits per heavy atom. The van der Waals surface area contributed by atoms with Crippen molar-refractivity contribution in [2.24, 2.45) is 0 Å². The number of imidazole rings is 1. The quantitative estimate of drug-likeness (QED) is 0.315. The molecule has 0 unspecified atom stereocenters. The highest BCUT2D eigenvalue weighted by atomic mass is 16.6. The topological polar surface area (TPSA) is 104 Å². The van der Waals surface area contributed by atoms with Crippen molar-refractivity contribution in [1.82, 2.24) is 9.38 Å². The summed E-state index contributed by atoms with van der Waals surface area (Å²) in [5.74, 6) is -0.890. The molecule has 0 aliphatic rings. The summed E-state index contributed by atoms with van der Waals surface area (Å²) in [6.07, 6.45) is 2.85. The number of pyridine rings is 1. The molecular weight excluding hydrogens is 314 g/mol. The summed E-state index contributed by atoms with van der Waals surface area (Å²) in [4.78, 5) is 38.5. The van der Waals surface area contributed by atoms with Crippen LogP contribution in [0, 0.1) is 10.1 Å². The van der Waals surface area contributed by atoms with Crippen LogP contribution in [0.25, 0.3) is 5.65 Å². The molecule has 2 aromatic heterocycles. The van der Waals surface area contributed by atoms with Crippen LogP contribution in [-0.4, -0.2) is 33.2 Å². The van der Waals surface area contributed by atoms with Crippen molar-refractivity contribution >= 4 is 23.1 Å². The van der Waals surface area contributed by atoms with Crippen molar-refractivity contribution in [3.63, 3.8) is 0 Å². The highest BCUT2D eigenvalue weighted by molar-refractivity contribution is 6.08. The lowest BCUT2D eigenvalue weighted by atomic mass is 10.1. The standard InChI is InChI=1S/C16H11N3O5/c1-24-16(21)11-4-7-14-17-8-13(18(14)9-11)15(20)10-2-5-12(6-3-10)19(22)23/h2-9H,1H3. The van der Waals surface area contributed by atoms with Crippen molar-refractivity contribution in [3.05, 3.63) is 75.7 Å². The third-order valence-electron chi connectivity index (χ3n) is 3.50. The number of ketones is 1. The van der Waals surface area contributed by atoms with Gasteiger partial charge in [-0.2, -0.15) is 0 Å². The number of methoxy groups -OCH3 is 1. The van der Waals surface area contributed by atoms with Crippen LogP contribution in [0.2, 0.25) is 0 Å². The minimum atomic E-state index is -0.537. The van der Waals surface area contributed by atoms with E-state index in [1.54, 1.807) is 12.1 Å². The van der Waals surface area contributed by atoms with E-state index < -0.39 is 10.9 Å². The summed E-state index contributed by atoms with van der Waals surface area (Å²) in [5, 5.41) is 10.7. The van der Waals surface area contributed by atoms with Gasteiger partial charge in [-0.05, 0) is 24.3 Å². The van der Waals surface area contributed by atoms with Crippen LogP contribution in [0.1, 0.15) is 26.4 Å². The number of nitro groups is 1.